The van der Waals surface area contributed by atoms with Crippen LogP contribution in [0.25, 0.3) is 0 Å². The van der Waals surface area contributed by atoms with Gasteiger partial charge in [-0.2, -0.15) is 0 Å². The summed E-state index contributed by atoms with van der Waals surface area (Å²) in [5, 5.41) is 0. The molecule has 3 fully saturated rings. The van der Waals surface area contributed by atoms with Crippen molar-refractivity contribution in [1.82, 2.24) is 9.80 Å². The molecule has 4 rings (SSSR count). The normalized spacial score (nSPS) is 26.7. The minimum absolute atomic E-state index is 0.0456. The molecule has 8 heteroatoms. The molecule has 3 aliphatic heterocycles. The Kier molecular flexibility index (Phi) is 3.95. The van der Waals surface area contributed by atoms with E-state index in [9.17, 15) is 9.59 Å². The van der Waals surface area contributed by atoms with Crippen molar-refractivity contribution in [3.63, 3.8) is 0 Å². The molecule has 0 radical (unpaired) electrons. The molecule has 3 aliphatic rings. The van der Waals surface area contributed by atoms with Crippen LogP contribution in [0.2, 0.25) is 0 Å². The SMILES string of the molecule is COc1ccc(C(=O)N2CC[C@@]34OCCN3C(=O)C[C@@H]24)c(OC)c1OC. The molecule has 2 atom stereocenters. The van der Waals surface area contributed by atoms with Crippen molar-refractivity contribution in [3.05, 3.63) is 17.7 Å². The van der Waals surface area contributed by atoms with E-state index >= 15 is 0 Å². The lowest BCUT2D eigenvalue weighted by Gasteiger charge is -2.31. The Hall–Kier alpha value is -2.48. The van der Waals surface area contributed by atoms with Gasteiger partial charge in [0, 0.05) is 19.5 Å². The van der Waals surface area contributed by atoms with Gasteiger partial charge in [0.25, 0.3) is 5.91 Å². The van der Waals surface area contributed by atoms with Crippen molar-refractivity contribution < 1.29 is 28.5 Å². The lowest BCUT2D eigenvalue weighted by atomic mass is 10.1. The molecule has 3 saturated heterocycles. The van der Waals surface area contributed by atoms with Gasteiger partial charge in [-0.25, -0.2) is 0 Å². The van der Waals surface area contributed by atoms with Crippen molar-refractivity contribution in [2.45, 2.75) is 24.6 Å². The van der Waals surface area contributed by atoms with E-state index in [0.29, 0.717) is 55.4 Å². The fourth-order valence-electron chi connectivity index (χ4n) is 4.46. The second kappa shape index (κ2) is 6.05. The molecule has 8 nitrogen and oxygen atoms in total. The zero-order chi connectivity index (χ0) is 18.5. The highest BCUT2D eigenvalue weighted by Crippen LogP contribution is 2.47. The number of hydrogen-bond donors (Lipinski definition) is 0. The number of rotatable bonds is 4. The predicted molar refractivity (Wildman–Crippen MR) is 90.6 cm³/mol. The predicted octanol–water partition coefficient (Wildman–Crippen LogP) is 0.886. The Bertz CT molecular complexity index is 766. The second-order valence-corrected chi connectivity index (χ2v) is 6.59. The van der Waals surface area contributed by atoms with E-state index in [1.54, 1.807) is 21.9 Å². The molecule has 3 heterocycles. The van der Waals surface area contributed by atoms with E-state index in [2.05, 4.69) is 0 Å². The summed E-state index contributed by atoms with van der Waals surface area (Å²) in [6, 6.07) is 3.07. The molecular formula is C18H22N2O6. The summed E-state index contributed by atoms with van der Waals surface area (Å²) in [7, 11) is 4.51. The zero-order valence-electron chi connectivity index (χ0n) is 15.1. The summed E-state index contributed by atoms with van der Waals surface area (Å²) < 4.78 is 22.0. The summed E-state index contributed by atoms with van der Waals surface area (Å²) in [4.78, 5) is 29.1. The quantitative estimate of drug-likeness (QED) is 0.792. The first-order valence-corrected chi connectivity index (χ1v) is 8.61. The maximum Gasteiger partial charge on any atom is 0.258 e. The van der Waals surface area contributed by atoms with Crippen molar-refractivity contribution in [3.8, 4) is 17.2 Å². The van der Waals surface area contributed by atoms with Crippen LogP contribution in [0.4, 0.5) is 0 Å². The Morgan fingerprint density at radius 2 is 1.92 bits per heavy atom. The summed E-state index contributed by atoms with van der Waals surface area (Å²) in [6.07, 6.45) is 0.923. The monoisotopic (exact) mass is 362 g/mol. The molecule has 0 unspecified atom stereocenters. The number of amides is 2. The molecule has 140 valence electrons. The summed E-state index contributed by atoms with van der Waals surface area (Å²) >= 11 is 0. The molecule has 2 amide bonds. The lowest BCUT2D eigenvalue weighted by molar-refractivity contribution is -0.136. The summed E-state index contributed by atoms with van der Waals surface area (Å²) in [5.74, 6) is 1.03. The van der Waals surface area contributed by atoms with Crippen LogP contribution in [-0.2, 0) is 9.53 Å². The van der Waals surface area contributed by atoms with E-state index in [-0.39, 0.29) is 17.9 Å². The first-order valence-electron chi connectivity index (χ1n) is 8.61. The molecule has 0 aromatic heterocycles. The van der Waals surface area contributed by atoms with Gasteiger partial charge in [0.15, 0.2) is 17.2 Å². The standard InChI is InChI=1S/C18H22N2O6/c1-23-12-5-4-11(15(24-2)16(12)25-3)17(22)19-7-6-18-13(19)10-14(21)20(18)8-9-26-18/h4-5,13H,6-10H2,1-3H3/t13-,18+/m1/s1. The first-order chi connectivity index (χ1) is 12.6. The van der Waals surface area contributed by atoms with E-state index in [1.165, 1.54) is 21.3 Å². The van der Waals surface area contributed by atoms with E-state index in [4.69, 9.17) is 18.9 Å². The lowest BCUT2D eigenvalue weighted by Crippen LogP contribution is -2.48. The third-order valence-electron chi connectivity index (χ3n) is 5.60. The third-order valence-corrected chi connectivity index (χ3v) is 5.60. The Balaban J connectivity index is 1.70. The van der Waals surface area contributed by atoms with Gasteiger partial charge in [-0.3, -0.25) is 9.59 Å². The van der Waals surface area contributed by atoms with Crippen LogP contribution in [-0.4, -0.2) is 74.4 Å². The maximum absolute atomic E-state index is 13.3. The van der Waals surface area contributed by atoms with Gasteiger partial charge in [0.1, 0.15) is 0 Å². The number of carbonyl (C=O) groups excluding carboxylic acids is 2. The number of hydrogen-bond acceptors (Lipinski definition) is 6. The van der Waals surface area contributed by atoms with Gasteiger partial charge in [-0.05, 0) is 12.1 Å². The van der Waals surface area contributed by atoms with Gasteiger partial charge in [-0.15, -0.1) is 0 Å². The third kappa shape index (κ3) is 2.11. The molecule has 1 spiro atoms. The topological polar surface area (TPSA) is 77.5 Å². The zero-order valence-corrected chi connectivity index (χ0v) is 15.1. The van der Waals surface area contributed by atoms with Gasteiger partial charge < -0.3 is 28.7 Å². The molecule has 26 heavy (non-hydrogen) atoms. The maximum atomic E-state index is 13.3. The molecule has 1 aromatic carbocycles. The average Bonchev–Trinajstić information content (AvgIpc) is 3.30. The molecular weight excluding hydrogens is 340 g/mol. The van der Waals surface area contributed by atoms with E-state index in [1.807, 2.05) is 0 Å². The summed E-state index contributed by atoms with van der Waals surface area (Å²) in [5.41, 5.74) is -0.276. The first kappa shape index (κ1) is 17.0. The van der Waals surface area contributed by atoms with Gasteiger partial charge in [0.2, 0.25) is 11.7 Å². The minimum atomic E-state index is -0.656. The van der Waals surface area contributed by atoms with E-state index < -0.39 is 5.72 Å². The Morgan fingerprint density at radius 3 is 2.62 bits per heavy atom. The van der Waals surface area contributed by atoms with Crippen LogP contribution in [0, 0.1) is 0 Å². The highest BCUT2D eigenvalue weighted by atomic mass is 16.5. The number of likely N-dealkylation sites (tertiary alicyclic amines) is 1. The Morgan fingerprint density at radius 1 is 1.15 bits per heavy atom. The largest absolute Gasteiger partial charge is 0.493 e. The van der Waals surface area contributed by atoms with Gasteiger partial charge in [0.05, 0.1) is 46.0 Å². The fraction of sp³-hybridized carbons (Fsp3) is 0.556. The number of nitrogens with zero attached hydrogens (tertiary/aromatic N) is 2. The highest BCUT2D eigenvalue weighted by Gasteiger charge is 2.63. The van der Waals surface area contributed by atoms with Gasteiger partial charge >= 0.3 is 0 Å². The number of benzene rings is 1. The van der Waals surface area contributed by atoms with Crippen LogP contribution in [0.15, 0.2) is 12.1 Å². The molecule has 0 aliphatic carbocycles. The van der Waals surface area contributed by atoms with Crippen LogP contribution in [0.3, 0.4) is 0 Å². The molecule has 1 aromatic rings. The van der Waals surface area contributed by atoms with Crippen molar-refractivity contribution in [2.24, 2.45) is 0 Å². The van der Waals surface area contributed by atoms with Crippen molar-refractivity contribution in [1.29, 1.82) is 0 Å². The second-order valence-electron chi connectivity index (χ2n) is 6.59. The minimum Gasteiger partial charge on any atom is -0.493 e. The smallest absolute Gasteiger partial charge is 0.258 e. The van der Waals surface area contributed by atoms with Crippen molar-refractivity contribution >= 4 is 11.8 Å². The molecule has 0 N–H and O–H groups in total. The number of methoxy groups -OCH3 is 3. The molecule has 0 saturated carbocycles. The van der Waals surface area contributed by atoms with Crippen LogP contribution < -0.4 is 14.2 Å². The number of carbonyl (C=O) groups is 2. The summed E-state index contributed by atoms with van der Waals surface area (Å²) in [6.45, 7) is 1.64. The average molecular weight is 362 g/mol. The van der Waals surface area contributed by atoms with Gasteiger partial charge in [-0.1, -0.05) is 0 Å². The van der Waals surface area contributed by atoms with Crippen LogP contribution in [0.5, 0.6) is 17.2 Å². The van der Waals surface area contributed by atoms with Crippen molar-refractivity contribution in [2.75, 3.05) is 41.0 Å². The van der Waals surface area contributed by atoms with Crippen LogP contribution in [0.1, 0.15) is 23.2 Å². The number of ether oxygens (including phenoxy) is 4. The van der Waals surface area contributed by atoms with E-state index in [0.717, 1.165) is 0 Å². The molecule has 0 bridgehead atoms. The fourth-order valence-corrected chi connectivity index (χ4v) is 4.46. The van der Waals surface area contributed by atoms with Crippen LogP contribution >= 0.6 is 0 Å². The Labute approximate surface area is 151 Å². The highest BCUT2D eigenvalue weighted by molar-refractivity contribution is 5.99.